The highest BCUT2D eigenvalue weighted by Crippen LogP contribution is 2.21. The summed E-state index contributed by atoms with van der Waals surface area (Å²) in [5.74, 6) is -1.30. The zero-order valence-corrected chi connectivity index (χ0v) is 19.1. The van der Waals surface area contributed by atoms with Crippen molar-refractivity contribution in [2.45, 2.75) is 18.7 Å². The predicted octanol–water partition coefficient (Wildman–Crippen LogP) is 3.74. The number of thioether (sulfide) groups is 1. The SMILES string of the molecule is Cc1ccc(-n2c(SCC(=O)NC(=O)c3ccc(OC(F)F)cc3)nc3ccccc3c2=O)nc1. The maximum absolute atomic E-state index is 13.2. The smallest absolute Gasteiger partial charge is 0.387 e. The van der Waals surface area contributed by atoms with Gasteiger partial charge in [-0.25, -0.2) is 14.5 Å². The van der Waals surface area contributed by atoms with Crippen LogP contribution in [-0.4, -0.2) is 38.7 Å². The molecule has 0 bridgehead atoms. The van der Waals surface area contributed by atoms with Crippen LogP contribution in [0.15, 0.2) is 76.8 Å². The van der Waals surface area contributed by atoms with Crippen molar-refractivity contribution in [3.8, 4) is 11.6 Å². The molecule has 4 rings (SSSR count). The van der Waals surface area contributed by atoms with E-state index in [1.54, 1.807) is 42.6 Å². The number of carbonyl (C=O) groups excluding carboxylic acids is 2. The van der Waals surface area contributed by atoms with E-state index >= 15 is 0 Å². The minimum Gasteiger partial charge on any atom is -0.435 e. The number of nitrogens with zero attached hydrogens (tertiary/aromatic N) is 3. The number of amides is 2. The second-order valence-electron chi connectivity index (χ2n) is 7.31. The molecule has 178 valence electrons. The molecule has 0 aliphatic heterocycles. The Balaban J connectivity index is 1.53. The maximum Gasteiger partial charge on any atom is 0.387 e. The van der Waals surface area contributed by atoms with Crippen molar-refractivity contribution in [1.29, 1.82) is 0 Å². The summed E-state index contributed by atoms with van der Waals surface area (Å²) in [5, 5.41) is 2.86. The number of rotatable bonds is 7. The first kappa shape index (κ1) is 24.0. The molecule has 0 unspecified atom stereocenters. The number of pyridine rings is 1. The van der Waals surface area contributed by atoms with Crippen LogP contribution in [0, 0.1) is 6.92 Å². The summed E-state index contributed by atoms with van der Waals surface area (Å²) in [6, 6.07) is 15.3. The van der Waals surface area contributed by atoms with E-state index in [-0.39, 0.29) is 27.8 Å². The van der Waals surface area contributed by atoms with E-state index in [4.69, 9.17) is 0 Å². The predicted molar refractivity (Wildman–Crippen MR) is 126 cm³/mol. The number of para-hydroxylation sites is 1. The van der Waals surface area contributed by atoms with Gasteiger partial charge in [-0.2, -0.15) is 8.78 Å². The molecule has 35 heavy (non-hydrogen) atoms. The Morgan fingerprint density at radius 2 is 1.83 bits per heavy atom. The molecule has 2 aromatic carbocycles. The van der Waals surface area contributed by atoms with Crippen molar-refractivity contribution >= 4 is 34.5 Å². The topological polar surface area (TPSA) is 103 Å². The monoisotopic (exact) mass is 496 g/mol. The summed E-state index contributed by atoms with van der Waals surface area (Å²) < 4.78 is 30.1. The van der Waals surface area contributed by atoms with Crippen LogP contribution in [0.25, 0.3) is 16.7 Å². The number of hydrogen-bond acceptors (Lipinski definition) is 7. The van der Waals surface area contributed by atoms with Crippen molar-refractivity contribution < 1.29 is 23.1 Å². The number of benzene rings is 2. The summed E-state index contributed by atoms with van der Waals surface area (Å²) in [7, 11) is 0. The Hall–Kier alpha value is -4.12. The summed E-state index contributed by atoms with van der Waals surface area (Å²) in [5.41, 5.74) is 1.13. The number of fused-ring (bicyclic) bond motifs is 1. The molecule has 2 heterocycles. The van der Waals surface area contributed by atoms with Crippen LogP contribution in [0.2, 0.25) is 0 Å². The lowest BCUT2D eigenvalue weighted by atomic mass is 10.2. The Labute approximate surface area is 202 Å². The lowest BCUT2D eigenvalue weighted by molar-refractivity contribution is -0.117. The fourth-order valence-electron chi connectivity index (χ4n) is 3.16. The molecule has 0 fully saturated rings. The Morgan fingerprint density at radius 3 is 2.51 bits per heavy atom. The van der Waals surface area contributed by atoms with Gasteiger partial charge in [-0.15, -0.1) is 0 Å². The van der Waals surface area contributed by atoms with Gasteiger partial charge in [0.05, 0.1) is 16.7 Å². The molecule has 1 N–H and O–H groups in total. The number of aromatic nitrogens is 3. The fourth-order valence-corrected chi connectivity index (χ4v) is 3.96. The van der Waals surface area contributed by atoms with Gasteiger partial charge in [-0.3, -0.25) is 19.7 Å². The summed E-state index contributed by atoms with van der Waals surface area (Å²) in [6.45, 7) is -1.11. The number of hydrogen-bond donors (Lipinski definition) is 1. The second kappa shape index (κ2) is 10.4. The Morgan fingerprint density at radius 1 is 1.09 bits per heavy atom. The van der Waals surface area contributed by atoms with E-state index < -0.39 is 18.4 Å². The zero-order valence-electron chi connectivity index (χ0n) is 18.3. The van der Waals surface area contributed by atoms with E-state index in [1.807, 2.05) is 6.92 Å². The number of ether oxygens (including phenoxy) is 1. The molecule has 2 aromatic heterocycles. The van der Waals surface area contributed by atoms with Crippen molar-refractivity contribution in [2.24, 2.45) is 0 Å². The number of imide groups is 1. The van der Waals surface area contributed by atoms with Crippen LogP contribution in [0.5, 0.6) is 5.75 Å². The van der Waals surface area contributed by atoms with E-state index in [0.29, 0.717) is 16.7 Å². The molecular weight excluding hydrogens is 478 g/mol. The van der Waals surface area contributed by atoms with Gasteiger partial charge in [0.15, 0.2) is 5.16 Å². The van der Waals surface area contributed by atoms with Crippen LogP contribution in [0.4, 0.5) is 8.78 Å². The molecule has 0 radical (unpaired) electrons. The van der Waals surface area contributed by atoms with Crippen molar-refractivity contribution in [2.75, 3.05) is 5.75 Å². The highest BCUT2D eigenvalue weighted by Gasteiger charge is 2.17. The maximum atomic E-state index is 13.2. The van der Waals surface area contributed by atoms with Crippen LogP contribution >= 0.6 is 11.8 Å². The largest absolute Gasteiger partial charge is 0.435 e. The second-order valence-corrected chi connectivity index (χ2v) is 8.26. The van der Waals surface area contributed by atoms with Crippen LogP contribution < -0.4 is 15.6 Å². The number of carbonyl (C=O) groups is 2. The molecule has 11 heteroatoms. The molecule has 4 aromatic rings. The van der Waals surface area contributed by atoms with Gasteiger partial charge in [0.1, 0.15) is 11.6 Å². The first-order valence-electron chi connectivity index (χ1n) is 10.3. The first-order chi connectivity index (χ1) is 16.8. The molecule has 8 nitrogen and oxygen atoms in total. The van der Waals surface area contributed by atoms with E-state index in [2.05, 4.69) is 20.0 Å². The van der Waals surface area contributed by atoms with Gasteiger partial charge in [0.2, 0.25) is 5.91 Å². The highest BCUT2D eigenvalue weighted by molar-refractivity contribution is 7.99. The average Bonchev–Trinajstić information content (AvgIpc) is 2.84. The summed E-state index contributed by atoms with van der Waals surface area (Å²) >= 11 is 0.974. The van der Waals surface area contributed by atoms with Crippen molar-refractivity contribution in [1.82, 2.24) is 19.9 Å². The highest BCUT2D eigenvalue weighted by atomic mass is 32.2. The minimum absolute atomic E-state index is 0.0922. The lowest BCUT2D eigenvalue weighted by Gasteiger charge is -2.12. The lowest BCUT2D eigenvalue weighted by Crippen LogP contribution is -2.32. The fraction of sp³-hybridized carbons (Fsp3) is 0.125. The number of alkyl halides is 2. The first-order valence-corrected chi connectivity index (χ1v) is 11.3. The summed E-state index contributed by atoms with van der Waals surface area (Å²) in [4.78, 5) is 46.8. The number of aryl methyl sites for hydroxylation is 1. The van der Waals surface area contributed by atoms with Crippen LogP contribution in [-0.2, 0) is 4.79 Å². The Bertz CT molecular complexity index is 1440. The third kappa shape index (κ3) is 5.69. The molecule has 0 atom stereocenters. The van der Waals surface area contributed by atoms with E-state index in [1.165, 1.54) is 28.8 Å². The molecule has 0 saturated heterocycles. The normalized spacial score (nSPS) is 11.0. The van der Waals surface area contributed by atoms with Crippen LogP contribution in [0.1, 0.15) is 15.9 Å². The molecule has 0 spiro atoms. The van der Waals surface area contributed by atoms with Crippen LogP contribution in [0.3, 0.4) is 0 Å². The standard InChI is InChI=1S/C24H18F2N4O4S/c1-14-6-11-19(27-12-14)30-22(33)17-4-2-3-5-18(17)28-24(30)35-13-20(31)29-21(32)15-7-9-16(10-8-15)34-23(25)26/h2-12,23H,13H2,1H3,(H,29,31,32). The molecular formula is C24H18F2N4O4S. The van der Waals surface area contributed by atoms with Crippen molar-refractivity contribution in [3.05, 3.63) is 88.3 Å². The average molecular weight is 496 g/mol. The summed E-state index contributed by atoms with van der Waals surface area (Å²) in [6.07, 6.45) is 1.62. The molecule has 2 amide bonds. The molecule has 0 saturated carbocycles. The van der Waals surface area contributed by atoms with E-state index in [0.717, 1.165) is 17.3 Å². The van der Waals surface area contributed by atoms with E-state index in [9.17, 15) is 23.2 Å². The molecule has 0 aliphatic rings. The van der Waals surface area contributed by atoms with Gasteiger partial charge in [0, 0.05) is 11.8 Å². The van der Waals surface area contributed by atoms with Gasteiger partial charge < -0.3 is 4.74 Å². The quantitative estimate of drug-likeness (QED) is 0.307. The Kier molecular flexibility index (Phi) is 7.16. The third-order valence-electron chi connectivity index (χ3n) is 4.80. The minimum atomic E-state index is -2.98. The molecule has 0 aliphatic carbocycles. The van der Waals surface area contributed by atoms with Gasteiger partial charge in [-0.1, -0.05) is 30.0 Å². The number of nitrogens with one attached hydrogen (secondary N) is 1. The van der Waals surface area contributed by atoms with Gasteiger partial charge in [-0.05, 0) is 55.0 Å². The number of halogens is 2. The zero-order chi connectivity index (χ0) is 24.9. The van der Waals surface area contributed by atoms with Gasteiger partial charge >= 0.3 is 6.61 Å². The van der Waals surface area contributed by atoms with Crippen molar-refractivity contribution in [3.63, 3.8) is 0 Å². The third-order valence-corrected chi connectivity index (χ3v) is 5.74. The van der Waals surface area contributed by atoms with Gasteiger partial charge in [0.25, 0.3) is 11.5 Å².